The zero-order chi connectivity index (χ0) is 17.8. The van der Waals surface area contributed by atoms with E-state index in [0.717, 1.165) is 27.7 Å². The zero-order valence-corrected chi connectivity index (χ0v) is 14.0. The number of ether oxygens (including phenoxy) is 1. The maximum absolute atomic E-state index is 12.9. The first kappa shape index (κ1) is 16.0. The largest absolute Gasteiger partial charge is 0.460 e. The van der Waals surface area contributed by atoms with Crippen LogP contribution in [-0.2, 0) is 16.1 Å². The average Bonchev–Trinajstić information content (AvgIpc) is 3.16. The van der Waals surface area contributed by atoms with Crippen molar-refractivity contribution in [2.45, 2.75) is 12.5 Å². The molecule has 0 radical (unpaired) electrons. The van der Waals surface area contributed by atoms with Crippen LogP contribution < -0.4 is 0 Å². The van der Waals surface area contributed by atoms with Crippen molar-refractivity contribution >= 4 is 17.0 Å². The molecule has 1 heterocycles. The van der Waals surface area contributed by atoms with Crippen molar-refractivity contribution in [3.05, 3.63) is 95.6 Å². The van der Waals surface area contributed by atoms with Gasteiger partial charge in [0.25, 0.3) is 0 Å². The third-order valence-corrected chi connectivity index (χ3v) is 4.26. The van der Waals surface area contributed by atoms with E-state index in [9.17, 15) is 4.79 Å². The van der Waals surface area contributed by atoms with E-state index >= 15 is 0 Å². The van der Waals surface area contributed by atoms with Crippen LogP contribution in [-0.4, -0.2) is 21.4 Å². The molecule has 0 saturated carbocycles. The van der Waals surface area contributed by atoms with Gasteiger partial charge in [0.1, 0.15) is 23.6 Å². The molecule has 0 bridgehead atoms. The molecule has 1 aromatic heterocycles. The van der Waals surface area contributed by atoms with Crippen molar-refractivity contribution in [2.24, 2.45) is 0 Å². The van der Waals surface area contributed by atoms with Gasteiger partial charge in [0.05, 0.1) is 0 Å². The van der Waals surface area contributed by atoms with Gasteiger partial charge in [-0.15, -0.1) is 0 Å². The summed E-state index contributed by atoms with van der Waals surface area (Å²) in [5.41, 5.74) is 4.23. The number of benzene rings is 3. The Morgan fingerprint density at radius 2 is 1.46 bits per heavy atom. The minimum absolute atomic E-state index is 0.192. The lowest BCUT2D eigenvalue weighted by Crippen LogP contribution is -2.17. The number of nitrogens with zero attached hydrogens (tertiary/aromatic N) is 2. The lowest BCUT2D eigenvalue weighted by molar-refractivity contribution is -0.145. The minimum Gasteiger partial charge on any atom is -0.460 e. The highest BCUT2D eigenvalue weighted by Crippen LogP contribution is 2.26. The van der Waals surface area contributed by atoms with Crippen LogP contribution >= 0.6 is 0 Å². The van der Waals surface area contributed by atoms with Crippen LogP contribution in [0.4, 0.5) is 0 Å². The Kier molecular flexibility index (Phi) is 4.43. The van der Waals surface area contributed by atoms with Crippen molar-refractivity contribution in [2.75, 3.05) is 0 Å². The summed E-state index contributed by atoms with van der Waals surface area (Å²) in [7, 11) is 0. The Hall–Kier alpha value is -3.47. The molecule has 3 aromatic carbocycles. The van der Waals surface area contributed by atoms with Crippen molar-refractivity contribution < 1.29 is 9.53 Å². The van der Waals surface area contributed by atoms with E-state index < -0.39 is 5.92 Å². The van der Waals surface area contributed by atoms with Crippen LogP contribution in [0.5, 0.6) is 0 Å². The summed E-state index contributed by atoms with van der Waals surface area (Å²) < 4.78 is 5.63. The summed E-state index contributed by atoms with van der Waals surface area (Å²) in [6.45, 7) is 0.192. The number of nitrogens with one attached hydrogen (secondary N) is 1. The Balaban J connectivity index is 1.56. The van der Waals surface area contributed by atoms with Crippen molar-refractivity contribution in [3.63, 3.8) is 0 Å². The number of aromatic nitrogens is 3. The highest BCUT2D eigenvalue weighted by molar-refractivity contribution is 5.82. The quantitative estimate of drug-likeness (QED) is 0.559. The smallest absolute Gasteiger partial charge is 0.318 e. The molecule has 128 valence electrons. The molecule has 4 aromatic rings. The Morgan fingerprint density at radius 1 is 0.846 bits per heavy atom. The fraction of sp³-hybridized carbons (Fsp3) is 0.0952. The first-order chi connectivity index (χ1) is 12.8. The van der Waals surface area contributed by atoms with Gasteiger partial charge < -0.3 is 4.74 Å². The molecule has 0 aliphatic carbocycles. The fourth-order valence-electron chi connectivity index (χ4n) is 2.97. The second-order valence-electron chi connectivity index (χ2n) is 6.01. The predicted octanol–water partition coefficient (Wildman–Crippen LogP) is 3.83. The van der Waals surface area contributed by atoms with E-state index in [0.29, 0.717) is 0 Å². The molecule has 0 unspecified atom stereocenters. The summed E-state index contributed by atoms with van der Waals surface area (Å²) in [6, 6.07) is 25.0. The Morgan fingerprint density at radius 3 is 2.12 bits per heavy atom. The van der Waals surface area contributed by atoms with Gasteiger partial charge >= 0.3 is 5.97 Å². The van der Waals surface area contributed by atoms with Crippen LogP contribution in [0, 0.1) is 0 Å². The topological polar surface area (TPSA) is 67.9 Å². The van der Waals surface area contributed by atoms with Crippen LogP contribution in [0.2, 0.25) is 0 Å². The highest BCUT2D eigenvalue weighted by Gasteiger charge is 2.24. The summed E-state index contributed by atoms with van der Waals surface area (Å²) in [5, 5.41) is 10.7. The lowest BCUT2D eigenvalue weighted by Gasteiger charge is -2.17. The SMILES string of the molecule is O=C(OCc1ccc2n[nH]nc2c1)C(c1ccccc1)c1ccccc1. The number of aromatic amines is 1. The van der Waals surface area contributed by atoms with E-state index in [1.165, 1.54) is 0 Å². The number of hydrogen-bond donors (Lipinski definition) is 1. The zero-order valence-electron chi connectivity index (χ0n) is 14.0. The van der Waals surface area contributed by atoms with Gasteiger partial charge in [0, 0.05) is 0 Å². The monoisotopic (exact) mass is 343 g/mol. The summed E-state index contributed by atoms with van der Waals surface area (Å²) in [4.78, 5) is 12.9. The van der Waals surface area contributed by atoms with Crippen molar-refractivity contribution in [1.29, 1.82) is 0 Å². The average molecular weight is 343 g/mol. The van der Waals surface area contributed by atoms with Gasteiger partial charge in [-0.3, -0.25) is 4.79 Å². The third kappa shape index (κ3) is 3.32. The van der Waals surface area contributed by atoms with Crippen LogP contribution in [0.1, 0.15) is 22.6 Å². The molecule has 0 aliphatic rings. The van der Waals surface area contributed by atoms with Gasteiger partial charge in [0.15, 0.2) is 0 Å². The van der Waals surface area contributed by atoms with E-state index in [2.05, 4.69) is 15.4 Å². The molecule has 5 nitrogen and oxygen atoms in total. The number of H-pyrrole nitrogens is 1. The third-order valence-electron chi connectivity index (χ3n) is 4.26. The Bertz CT molecular complexity index is 974. The maximum Gasteiger partial charge on any atom is 0.318 e. The van der Waals surface area contributed by atoms with Crippen LogP contribution in [0.15, 0.2) is 78.9 Å². The molecule has 1 N–H and O–H groups in total. The molecule has 0 atom stereocenters. The molecule has 5 heteroatoms. The van der Waals surface area contributed by atoms with E-state index in [1.807, 2.05) is 78.9 Å². The number of fused-ring (bicyclic) bond motifs is 1. The molecule has 4 rings (SSSR count). The number of esters is 1. The van der Waals surface area contributed by atoms with E-state index in [1.54, 1.807) is 0 Å². The minimum atomic E-state index is -0.451. The van der Waals surface area contributed by atoms with Gasteiger partial charge in [-0.2, -0.15) is 15.4 Å². The van der Waals surface area contributed by atoms with Crippen LogP contribution in [0.3, 0.4) is 0 Å². The lowest BCUT2D eigenvalue weighted by atomic mass is 9.91. The first-order valence-electron chi connectivity index (χ1n) is 8.37. The molecule has 0 aliphatic heterocycles. The maximum atomic E-state index is 12.9. The predicted molar refractivity (Wildman–Crippen MR) is 98.4 cm³/mol. The number of carbonyl (C=O) groups excluding carboxylic acids is 1. The van der Waals surface area contributed by atoms with Crippen molar-refractivity contribution in [1.82, 2.24) is 15.4 Å². The normalized spacial score (nSPS) is 11.0. The number of hydrogen-bond acceptors (Lipinski definition) is 4. The highest BCUT2D eigenvalue weighted by atomic mass is 16.5. The van der Waals surface area contributed by atoms with E-state index in [-0.39, 0.29) is 12.6 Å². The van der Waals surface area contributed by atoms with E-state index in [4.69, 9.17) is 4.74 Å². The summed E-state index contributed by atoms with van der Waals surface area (Å²) in [6.07, 6.45) is 0. The molecule has 0 spiro atoms. The molecule has 26 heavy (non-hydrogen) atoms. The van der Waals surface area contributed by atoms with Gasteiger partial charge in [-0.25, -0.2) is 0 Å². The summed E-state index contributed by atoms with van der Waals surface area (Å²) in [5.74, 6) is -0.726. The molecular formula is C21H17N3O2. The molecule has 0 fully saturated rings. The number of rotatable bonds is 5. The Labute approximate surface area is 150 Å². The first-order valence-corrected chi connectivity index (χ1v) is 8.37. The fourth-order valence-corrected chi connectivity index (χ4v) is 2.97. The second-order valence-corrected chi connectivity index (χ2v) is 6.01. The van der Waals surface area contributed by atoms with Crippen LogP contribution in [0.25, 0.3) is 11.0 Å². The molecule has 0 amide bonds. The van der Waals surface area contributed by atoms with Gasteiger partial charge in [-0.1, -0.05) is 66.7 Å². The van der Waals surface area contributed by atoms with Gasteiger partial charge in [-0.05, 0) is 28.8 Å². The second kappa shape index (κ2) is 7.19. The molecule has 0 saturated heterocycles. The van der Waals surface area contributed by atoms with Gasteiger partial charge in [0.2, 0.25) is 0 Å². The van der Waals surface area contributed by atoms with Crippen molar-refractivity contribution in [3.8, 4) is 0 Å². The number of carbonyl (C=O) groups is 1. The summed E-state index contributed by atoms with van der Waals surface area (Å²) >= 11 is 0. The molecular weight excluding hydrogens is 326 g/mol. The standard InChI is InChI=1S/C21H17N3O2/c25-21(26-14-15-11-12-18-19(13-15)23-24-22-18)20(16-7-3-1-4-8-16)17-9-5-2-6-10-17/h1-13,20H,14H2,(H,22,23,24).